The van der Waals surface area contributed by atoms with Gasteiger partial charge in [-0.1, -0.05) is 11.6 Å². The van der Waals surface area contributed by atoms with E-state index in [-0.39, 0.29) is 12.0 Å². The smallest absolute Gasteiger partial charge is 0.253 e. The molecule has 1 aromatic carbocycles. The molecule has 1 aliphatic heterocycles. The van der Waals surface area contributed by atoms with E-state index in [1.807, 2.05) is 6.07 Å². The van der Waals surface area contributed by atoms with Crippen LogP contribution < -0.4 is 5.32 Å². The Labute approximate surface area is 104 Å². The van der Waals surface area contributed by atoms with Crippen LogP contribution in [0.3, 0.4) is 0 Å². The summed E-state index contributed by atoms with van der Waals surface area (Å²) in [6.45, 7) is 0.624. The van der Waals surface area contributed by atoms with Crippen molar-refractivity contribution >= 4 is 23.2 Å². The number of ether oxygens (including phenoxy) is 1. The molecule has 1 N–H and O–H groups in total. The van der Waals surface area contributed by atoms with Crippen LogP contribution in [0.25, 0.3) is 0 Å². The van der Waals surface area contributed by atoms with Crippen molar-refractivity contribution in [2.75, 3.05) is 11.9 Å². The maximum atomic E-state index is 11.8. The highest BCUT2D eigenvalue weighted by Crippen LogP contribution is 2.24. The van der Waals surface area contributed by atoms with E-state index in [0.717, 1.165) is 12.8 Å². The van der Waals surface area contributed by atoms with Crippen LogP contribution in [-0.4, -0.2) is 18.6 Å². The number of rotatable bonds is 2. The molecule has 0 radical (unpaired) electrons. The predicted octanol–water partition coefficient (Wildman–Crippen LogP) is 2.33. The molecule has 17 heavy (non-hydrogen) atoms. The molecule has 0 aromatic heterocycles. The Morgan fingerprint density at radius 1 is 1.59 bits per heavy atom. The van der Waals surface area contributed by atoms with Gasteiger partial charge in [0.2, 0.25) is 0 Å². The second kappa shape index (κ2) is 5.17. The molecule has 0 saturated carbocycles. The zero-order valence-electron chi connectivity index (χ0n) is 9.07. The van der Waals surface area contributed by atoms with Crippen molar-refractivity contribution in [3.63, 3.8) is 0 Å². The minimum Gasteiger partial charge on any atom is -0.368 e. The number of carbonyl (C=O) groups is 1. The van der Waals surface area contributed by atoms with Gasteiger partial charge in [0.1, 0.15) is 6.10 Å². The van der Waals surface area contributed by atoms with Gasteiger partial charge in [-0.3, -0.25) is 4.79 Å². The number of halogens is 1. The molecular weight excluding hydrogens is 240 g/mol. The Morgan fingerprint density at radius 3 is 3.00 bits per heavy atom. The van der Waals surface area contributed by atoms with Gasteiger partial charge < -0.3 is 10.1 Å². The van der Waals surface area contributed by atoms with E-state index in [1.54, 1.807) is 12.1 Å². The normalized spacial score (nSPS) is 18.7. The molecule has 1 amide bonds. The number of carbonyl (C=O) groups excluding carboxylic acids is 1. The molecule has 1 aliphatic rings. The Balaban J connectivity index is 2.08. The minimum absolute atomic E-state index is 0.186. The standard InChI is InChI=1S/C12H11ClN2O2/c13-9-6-8(7-14)3-4-10(9)15-12(16)11-2-1-5-17-11/h3-4,6,11H,1-2,5H2,(H,15,16). The summed E-state index contributed by atoms with van der Waals surface area (Å²) in [5.74, 6) is -0.186. The highest BCUT2D eigenvalue weighted by Gasteiger charge is 2.23. The second-order valence-corrected chi connectivity index (χ2v) is 4.20. The van der Waals surface area contributed by atoms with Crippen LogP contribution in [0.1, 0.15) is 18.4 Å². The summed E-state index contributed by atoms with van der Waals surface area (Å²) >= 11 is 5.95. The SMILES string of the molecule is N#Cc1ccc(NC(=O)C2CCCO2)c(Cl)c1. The van der Waals surface area contributed by atoms with Gasteiger partial charge in [-0.25, -0.2) is 0 Å². The Morgan fingerprint density at radius 2 is 2.41 bits per heavy atom. The lowest BCUT2D eigenvalue weighted by atomic mass is 10.2. The van der Waals surface area contributed by atoms with E-state index in [2.05, 4.69) is 5.32 Å². The zero-order chi connectivity index (χ0) is 12.3. The number of amides is 1. The van der Waals surface area contributed by atoms with Crippen LogP contribution in [0.2, 0.25) is 5.02 Å². The van der Waals surface area contributed by atoms with E-state index in [9.17, 15) is 4.79 Å². The first-order valence-electron chi connectivity index (χ1n) is 5.33. The van der Waals surface area contributed by atoms with Gasteiger partial charge in [0.15, 0.2) is 0 Å². The van der Waals surface area contributed by atoms with Gasteiger partial charge in [0.05, 0.1) is 22.3 Å². The van der Waals surface area contributed by atoms with Crippen molar-refractivity contribution in [2.24, 2.45) is 0 Å². The van der Waals surface area contributed by atoms with Crippen LogP contribution in [-0.2, 0) is 9.53 Å². The fraction of sp³-hybridized carbons (Fsp3) is 0.333. The minimum atomic E-state index is -0.387. The van der Waals surface area contributed by atoms with Crippen molar-refractivity contribution < 1.29 is 9.53 Å². The van der Waals surface area contributed by atoms with E-state index in [1.165, 1.54) is 6.07 Å². The molecular formula is C12H11ClN2O2. The fourth-order valence-electron chi connectivity index (χ4n) is 1.68. The lowest BCUT2D eigenvalue weighted by Crippen LogP contribution is -2.26. The van der Waals surface area contributed by atoms with E-state index >= 15 is 0 Å². The lowest BCUT2D eigenvalue weighted by Gasteiger charge is -2.11. The molecule has 88 valence electrons. The Hall–Kier alpha value is -1.57. The summed E-state index contributed by atoms with van der Waals surface area (Å²) in [6.07, 6.45) is 1.25. The second-order valence-electron chi connectivity index (χ2n) is 3.80. The van der Waals surface area contributed by atoms with Gasteiger partial charge in [0, 0.05) is 6.61 Å². The van der Waals surface area contributed by atoms with Crippen molar-refractivity contribution in [1.82, 2.24) is 0 Å². The summed E-state index contributed by atoms with van der Waals surface area (Å²) in [6, 6.07) is 6.73. The molecule has 0 aliphatic carbocycles. The van der Waals surface area contributed by atoms with Crippen LogP contribution >= 0.6 is 11.6 Å². The van der Waals surface area contributed by atoms with Gasteiger partial charge in [-0.15, -0.1) is 0 Å². The Kier molecular flexibility index (Phi) is 3.62. The fourth-order valence-corrected chi connectivity index (χ4v) is 1.91. The Bertz CT molecular complexity index is 476. The highest BCUT2D eigenvalue weighted by molar-refractivity contribution is 6.33. The number of nitrogens with one attached hydrogen (secondary N) is 1. The zero-order valence-corrected chi connectivity index (χ0v) is 9.83. The maximum absolute atomic E-state index is 11.8. The van der Waals surface area contributed by atoms with Crippen LogP contribution in [0, 0.1) is 11.3 Å². The van der Waals surface area contributed by atoms with Crippen molar-refractivity contribution in [3.8, 4) is 6.07 Å². The number of nitrogens with zero attached hydrogens (tertiary/aromatic N) is 1. The quantitative estimate of drug-likeness (QED) is 0.876. The van der Waals surface area contributed by atoms with E-state index in [0.29, 0.717) is 22.9 Å². The summed E-state index contributed by atoms with van der Waals surface area (Å²) in [4.78, 5) is 11.8. The molecule has 4 nitrogen and oxygen atoms in total. The topological polar surface area (TPSA) is 62.1 Å². The van der Waals surface area contributed by atoms with Crippen LogP contribution in [0.5, 0.6) is 0 Å². The molecule has 2 rings (SSSR count). The summed E-state index contributed by atoms with van der Waals surface area (Å²) < 4.78 is 5.26. The molecule has 1 fully saturated rings. The third-order valence-electron chi connectivity index (χ3n) is 2.58. The number of anilines is 1. The molecule has 1 saturated heterocycles. The summed E-state index contributed by atoms with van der Waals surface area (Å²) in [5, 5.41) is 11.7. The van der Waals surface area contributed by atoms with Crippen molar-refractivity contribution in [1.29, 1.82) is 5.26 Å². The molecule has 1 aromatic rings. The molecule has 5 heteroatoms. The molecule has 0 bridgehead atoms. The average Bonchev–Trinajstić information content (AvgIpc) is 2.85. The first kappa shape index (κ1) is 11.9. The van der Waals surface area contributed by atoms with Crippen molar-refractivity contribution in [2.45, 2.75) is 18.9 Å². The van der Waals surface area contributed by atoms with Gasteiger partial charge in [0.25, 0.3) is 5.91 Å². The van der Waals surface area contributed by atoms with E-state index in [4.69, 9.17) is 21.6 Å². The number of hydrogen-bond acceptors (Lipinski definition) is 3. The number of hydrogen-bond donors (Lipinski definition) is 1. The first-order chi connectivity index (χ1) is 8.20. The van der Waals surface area contributed by atoms with Gasteiger partial charge in [-0.2, -0.15) is 5.26 Å². The maximum Gasteiger partial charge on any atom is 0.253 e. The number of nitriles is 1. The lowest BCUT2D eigenvalue weighted by molar-refractivity contribution is -0.124. The highest BCUT2D eigenvalue weighted by atomic mass is 35.5. The largest absolute Gasteiger partial charge is 0.368 e. The van der Waals surface area contributed by atoms with E-state index < -0.39 is 0 Å². The summed E-state index contributed by atoms with van der Waals surface area (Å²) in [7, 11) is 0. The number of benzene rings is 1. The molecule has 1 atom stereocenters. The third-order valence-corrected chi connectivity index (χ3v) is 2.89. The van der Waals surface area contributed by atoms with Crippen molar-refractivity contribution in [3.05, 3.63) is 28.8 Å². The van der Waals surface area contributed by atoms with Gasteiger partial charge >= 0.3 is 0 Å². The first-order valence-corrected chi connectivity index (χ1v) is 5.70. The molecule has 1 unspecified atom stereocenters. The van der Waals surface area contributed by atoms with Crippen LogP contribution in [0.4, 0.5) is 5.69 Å². The average molecular weight is 251 g/mol. The predicted molar refractivity (Wildman–Crippen MR) is 63.8 cm³/mol. The van der Waals surface area contributed by atoms with Gasteiger partial charge in [-0.05, 0) is 31.0 Å². The van der Waals surface area contributed by atoms with Crippen LogP contribution in [0.15, 0.2) is 18.2 Å². The monoisotopic (exact) mass is 250 g/mol. The molecule has 0 spiro atoms. The summed E-state index contributed by atoms with van der Waals surface area (Å²) in [5.41, 5.74) is 0.969. The molecule has 1 heterocycles. The third kappa shape index (κ3) is 2.76.